The first kappa shape index (κ1) is 21.6. The van der Waals surface area contributed by atoms with Crippen molar-refractivity contribution >= 4 is 29.2 Å². The van der Waals surface area contributed by atoms with Crippen molar-refractivity contribution in [2.24, 2.45) is 5.92 Å². The molecule has 6 heteroatoms. The second-order valence-corrected chi connectivity index (χ2v) is 7.72. The van der Waals surface area contributed by atoms with Crippen LogP contribution in [0.4, 0.5) is 11.4 Å². The van der Waals surface area contributed by atoms with Crippen molar-refractivity contribution in [3.05, 3.63) is 59.2 Å². The summed E-state index contributed by atoms with van der Waals surface area (Å²) >= 11 is 0. The summed E-state index contributed by atoms with van der Waals surface area (Å²) < 4.78 is 5.41. The summed E-state index contributed by atoms with van der Waals surface area (Å²) in [6.07, 6.45) is -0.0734. The van der Waals surface area contributed by atoms with Gasteiger partial charge < -0.3 is 15.0 Å². The van der Waals surface area contributed by atoms with Crippen LogP contribution >= 0.6 is 0 Å². The van der Waals surface area contributed by atoms with Crippen molar-refractivity contribution in [2.75, 3.05) is 16.8 Å². The van der Waals surface area contributed by atoms with Crippen LogP contribution in [0.3, 0.4) is 0 Å². The Balaban J connectivity index is 1.63. The number of amides is 2. The molecule has 2 aromatic carbocycles. The van der Waals surface area contributed by atoms with Gasteiger partial charge in [-0.05, 0) is 49.9 Å². The van der Waals surface area contributed by atoms with Crippen LogP contribution in [-0.2, 0) is 25.5 Å². The number of para-hydroxylation sites is 2. The first-order valence-corrected chi connectivity index (χ1v) is 10.3. The summed E-state index contributed by atoms with van der Waals surface area (Å²) in [7, 11) is 0. The number of nitrogens with one attached hydrogen (secondary N) is 1. The van der Waals surface area contributed by atoms with Gasteiger partial charge in [0.2, 0.25) is 5.91 Å². The van der Waals surface area contributed by atoms with Gasteiger partial charge >= 0.3 is 5.97 Å². The molecule has 2 aromatic rings. The van der Waals surface area contributed by atoms with Crippen molar-refractivity contribution in [1.82, 2.24) is 0 Å². The molecule has 6 nitrogen and oxygen atoms in total. The minimum Gasteiger partial charge on any atom is -0.452 e. The Labute approximate surface area is 177 Å². The van der Waals surface area contributed by atoms with Gasteiger partial charge in [-0.25, -0.2) is 0 Å². The van der Waals surface area contributed by atoms with Crippen LogP contribution in [0.1, 0.15) is 37.0 Å². The molecule has 0 aliphatic carbocycles. The third kappa shape index (κ3) is 4.53. The second kappa shape index (κ2) is 9.11. The van der Waals surface area contributed by atoms with Crippen LogP contribution in [0.2, 0.25) is 0 Å². The van der Waals surface area contributed by atoms with Crippen molar-refractivity contribution in [2.45, 2.75) is 46.6 Å². The fourth-order valence-corrected chi connectivity index (χ4v) is 3.73. The number of aryl methyl sites for hydroxylation is 3. The average Bonchev–Trinajstić information content (AvgIpc) is 3.12. The van der Waals surface area contributed by atoms with Crippen LogP contribution in [-0.4, -0.2) is 30.4 Å². The summed E-state index contributed by atoms with van der Waals surface area (Å²) in [4.78, 5) is 39.4. The topological polar surface area (TPSA) is 75.7 Å². The molecule has 158 valence electrons. The third-order valence-electron chi connectivity index (χ3n) is 5.51. The minimum absolute atomic E-state index is 0.0854. The maximum Gasteiger partial charge on any atom is 0.312 e. The van der Waals surface area contributed by atoms with E-state index in [9.17, 15) is 14.4 Å². The normalized spacial score (nSPS) is 17.0. The van der Waals surface area contributed by atoms with Gasteiger partial charge in [-0.1, -0.05) is 43.3 Å². The van der Waals surface area contributed by atoms with Crippen LogP contribution in [0.25, 0.3) is 0 Å². The summed E-state index contributed by atoms with van der Waals surface area (Å²) in [6.45, 7) is 7.65. The van der Waals surface area contributed by atoms with Gasteiger partial charge in [0.15, 0.2) is 6.10 Å². The molecule has 1 fully saturated rings. The van der Waals surface area contributed by atoms with E-state index in [1.807, 2.05) is 63.2 Å². The molecule has 1 aliphatic heterocycles. The van der Waals surface area contributed by atoms with Crippen molar-refractivity contribution in [3.63, 3.8) is 0 Å². The number of ether oxygens (including phenoxy) is 1. The molecular formula is C24H28N2O4. The van der Waals surface area contributed by atoms with Gasteiger partial charge in [0.25, 0.3) is 5.91 Å². The summed E-state index contributed by atoms with van der Waals surface area (Å²) in [5.74, 6) is -1.61. The molecule has 0 saturated carbocycles. The first-order chi connectivity index (χ1) is 14.3. The molecule has 1 aliphatic rings. The van der Waals surface area contributed by atoms with Gasteiger partial charge in [-0.2, -0.15) is 0 Å². The molecule has 1 N–H and O–H groups in total. The minimum atomic E-state index is -0.955. The molecular weight excluding hydrogens is 380 g/mol. The number of rotatable bonds is 6. The molecule has 0 unspecified atom stereocenters. The molecule has 0 radical (unpaired) electrons. The fourth-order valence-electron chi connectivity index (χ4n) is 3.73. The molecule has 0 bridgehead atoms. The van der Waals surface area contributed by atoms with E-state index in [1.165, 1.54) is 0 Å². The summed E-state index contributed by atoms with van der Waals surface area (Å²) in [6, 6.07) is 13.4. The third-order valence-corrected chi connectivity index (χ3v) is 5.51. The zero-order valence-corrected chi connectivity index (χ0v) is 17.9. The lowest BCUT2D eigenvalue weighted by molar-refractivity contribution is -0.157. The van der Waals surface area contributed by atoms with Gasteiger partial charge in [0.1, 0.15) is 0 Å². The van der Waals surface area contributed by atoms with Crippen LogP contribution in [0.15, 0.2) is 42.5 Å². The predicted molar refractivity (Wildman–Crippen MR) is 116 cm³/mol. The molecule has 2 amide bonds. The summed E-state index contributed by atoms with van der Waals surface area (Å²) in [5.41, 5.74) is 4.49. The van der Waals surface area contributed by atoms with Gasteiger partial charge in [0, 0.05) is 24.3 Å². The Kier molecular flexibility index (Phi) is 6.55. The zero-order valence-electron chi connectivity index (χ0n) is 17.9. The highest BCUT2D eigenvalue weighted by Crippen LogP contribution is 2.29. The smallest absolute Gasteiger partial charge is 0.312 e. The number of hydrogen-bond acceptors (Lipinski definition) is 4. The number of nitrogens with zero attached hydrogens (tertiary/aromatic N) is 1. The highest BCUT2D eigenvalue weighted by Gasteiger charge is 2.37. The maximum atomic E-state index is 12.6. The lowest BCUT2D eigenvalue weighted by Gasteiger charge is -2.20. The van der Waals surface area contributed by atoms with Gasteiger partial charge in [-0.15, -0.1) is 0 Å². The highest BCUT2D eigenvalue weighted by atomic mass is 16.5. The number of benzene rings is 2. The number of carbonyl (C=O) groups is 3. The Hall–Kier alpha value is -3.15. The quantitative estimate of drug-likeness (QED) is 0.738. The Morgan fingerprint density at radius 1 is 1.13 bits per heavy atom. The number of anilines is 2. The molecule has 0 spiro atoms. The van der Waals surface area contributed by atoms with Crippen molar-refractivity contribution < 1.29 is 19.1 Å². The molecule has 3 rings (SSSR count). The fraction of sp³-hybridized carbons (Fsp3) is 0.375. The maximum absolute atomic E-state index is 12.6. The monoisotopic (exact) mass is 408 g/mol. The van der Waals surface area contributed by atoms with Crippen LogP contribution < -0.4 is 10.2 Å². The zero-order chi connectivity index (χ0) is 21.8. The lowest BCUT2D eigenvalue weighted by atomic mass is 10.1. The van der Waals surface area contributed by atoms with Crippen LogP contribution in [0.5, 0.6) is 0 Å². The van der Waals surface area contributed by atoms with E-state index in [-0.39, 0.29) is 18.9 Å². The first-order valence-electron chi connectivity index (χ1n) is 10.3. The molecule has 1 heterocycles. The highest BCUT2D eigenvalue weighted by molar-refractivity contribution is 6.01. The SMILES string of the molecule is CCc1ccccc1N1C[C@@H](C(=O)O[C@@H](C)C(=O)Nc2c(C)cccc2C)CC1=O. The average molecular weight is 408 g/mol. The molecule has 30 heavy (non-hydrogen) atoms. The van der Waals surface area contributed by atoms with E-state index in [4.69, 9.17) is 4.74 Å². The standard InChI is InChI=1S/C24H28N2O4/c1-5-18-11-6-7-12-20(18)26-14-19(13-21(26)27)24(29)30-17(4)23(28)25-22-15(2)9-8-10-16(22)3/h6-12,17,19H,5,13-14H2,1-4H3,(H,25,28)/t17-,19-/m0/s1. The second-order valence-electron chi connectivity index (χ2n) is 7.72. The molecule has 1 saturated heterocycles. The van der Waals surface area contributed by atoms with Crippen molar-refractivity contribution in [3.8, 4) is 0 Å². The predicted octanol–water partition coefficient (Wildman–Crippen LogP) is 3.79. The Morgan fingerprint density at radius 3 is 2.47 bits per heavy atom. The number of hydrogen-bond donors (Lipinski definition) is 1. The van der Waals surface area contributed by atoms with E-state index in [0.717, 1.165) is 34.5 Å². The number of esters is 1. The number of carbonyl (C=O) groups excluding carboxylic acids is 3. The Bertz CT molecular complexity index is 949. The van der Waals surface area contributed by atoms with E-state index in [2.05, 4.69) is 5.32 Å². The van der Waals surface area contributed by atoms with Gasteiger partial charge in [0.05, 0.1) is 5.92 Å². The lowest BCUT2D eigenvalue weighted by Crippen LogP contribution is -2.33. The van der Waals surface area contributed by atoms with E-state index >= 15 is 0 Å². The van der Waals surface area contributed by atoms with Crippen LogP contribution in [0, 0.1) is 19.8 Å². The Morgan fingerprint density at radius 2 is 1.80 bits per heavy atom. The van der Waals surface area contributed by atoms with E-state index in [1.54, 1.807) is 11.8 Å². The van der Waals surface area contributed by atoms with E-state index in [0.29, 0.717) is 0 Å². The van der Waals surface area contributed by atoms with Gasteiger partial charge in [-0.3, -0.25) is 14.4 Å². The van der Waals surface area contributed by atoms with E-state index < -0.39 is 23.9 Å². The van der Waals surface area contributed by atoms with Crippen molar-refractivity contribution in [1.29, 1.82) is 0 Å². The largest absolute Gasteiger partial charge is 0.452 e. The summed E-state index contributed by atoms with van der Waals surface area (Å²) in [5, 5.41) is 2.84. The molecule has 0 aromatic heterocycles. The molecule has 2 atom stereocenters.